The maximum Gasteiger partial charge on any atom is 0.262 e. The van der Waals surface area contributed by atoms with Gasteiger partial charge in [0.05, 0.1) is 5.69 Å². The van der Waals surface area contributed by atoms with Crippen LogP contribution in [0.3, 0.4) is 0 Å². The Morgan fingerprint density at radius 1 is 1.29 bits per heavy atom. The summed E-state index contributed by atoms with van der Waals surface area (Å²) < 4.78 is 1.52. The van der Waals surface area contributed by atoms with E-state index in [0.29, 0.717) is 29.9 Å². The Balaban J connectivity index is 1.96. The van der Waals surface area contributed by atoms with Gasteiger partial charge in [0.2, 0.25) is 0 Å². The lowest BCUT2D eigenvalue weighted by atomic mass is 9.75. The molecule has 3 rings (SSSR count). The predicted octanol–water partition coefficient (Wildman–Crippen LogP) is 1.82. The zero-order chi connectivity index (χ0) is 17.6. The number of aromatic nitrogens is 3. The Morgan fingerprint density at radius 3 is 2.62 bits per heavy atom. The number of pyridine rings is 1. The summed E-state index contributed by atoms with van der Waals surface area (Å²) in [5.74, 6) is -0.121. The first-order valence-corrected chi connectivity index (χ1v) is 7.78. The van der Waals surface area contributed by atoms with Crippen molar-refractivity contribution in [3.63, 3.8) is 0 Å². The minimum atomic E-state index is -0.556. The molecule has 126 valence electrons. The van der Waals surface area contributed by atoms with E-state index in [9.17, 15) is 14.4 Å². The van der Waals surface area contributed by atoms with Crippen LogP contribution >= 0.6 is 0 Å². The number of aromatic amines is 1. The number of ketones is 1. The van der Waals surface area contributed by atoms with Crippen LogP contribution in [-0.4, -0.2) is 26.5 Å². The number of aryl methyl sites for hydroxylation is 2. The lowest BCUT2D eigenvalue weighted by Gasteiger charge is -2.29. The molecule has 7 nitrogen and oxygen atoms in total. The van der Waals surface area contributed by atoms with Crippen molar-refractivity contribution in [2.45, 2.75) is 33.6 Å². The fraction of sp³-hybridized carbons (Fsp3) is 0.412. The number of H-pyrrole nitrogens is 1. The topological polar surface area (TPSA) is 96.9 Å². The van der Waals surface area contributed by atoms with Crippen molar-refractivity contribution in [1.29, 1.82) is 0 Å². The van der Waals surface area contributed by atoms with Crippen LogP contribution in [0.2, 0.25) is 0 Å². The lowest BCUT2D eigenvalue weighted by Crippen LogP contribution is -2.33. The average molecular weight is 328 g/mol. The minimum Gasteiger partial charge on any atom is -0.325 e. The highest BCUT2D eigenvalue weighted by atomic mass is 16.2. The molecule has 2 aromatic rings. The van der Waals surface area contributed by atoms with E-state index < -0.39 is 11.5 Å². The molecule has 2 heterocycles. The van der Waals surface area contributed by atoms with Crippen LogP contribution in [0.15, 0.2) is 16.9 Å². The second kappa shape index (κ2) is 5.43. The first-order valence-electron chi connectivity index (χ1n) is 7.78. The monoisotopic (exact) mass is 328 g/mol. The molecule has 0 radical (unpaired) electrons. The molecule has 0 saturated heterocycles. The van der Waals surface area contributed by atoms with E-state index in [1.807, 2.05) is 20.8 Å². The van der Waals surface area contributed by atoms with Gasteiger partial charge in [-0.15, -0.1) is 0 Å². The number of anilines is 1. The van der Waals surface area contributed by atoms with Crippen molar-refractivity contribution < 1.29 is 9.59 Å². The summed E-state index contributed by atoms with van der Waals surface area (Å²) in [7, 11) is 1.70. The van der Waals surface area contributed by atoms with E-state index in [1.54, 1.807) is 13.1 Å². The first kappa shape index (κ1) is 16.2. The van der Waals surface area contributed by atoms with Crippen LogP contribution in [0, 0.1) is 12.3 Å². The molecular formula is C17H20N4O3. The van der Waals surface area contributed by atoms with Gasteiger partial charge >= 0.3 is 0 Å². The Morgan fingerprint density at radius 2 is 2.00 bits per heavy atom. The average Bonchev–Trinajstić information content (AvgIpc) is 2.74. The standard InChI is InChI=1S/C17H20N4O3/c1-9-5-14(21(4)20-9)19-16(24)11-6-10-12(18-15(11)23)7-17(2,3)8-13(10)22/h5-6H,7-8H2,1-4H3,(H,18,23)(H,19,24). The Labute approximate surface area is 139 Å². The van der Waals surface area contributed by atoms with E-state index >= 15 is 0 Å². The van der Waals surface area contributed by atoms with Crippen LogP contribution in [0.1, 0.15) is 52.4 Å². The van der Waals surface area contributed by atoms with E-state index in [-0.39, 0.29) is 16.8 Å². The number of Topliss-reactive ketones (excluding diaryl/α,β-unsaturated/α-hetero) is 1. The molecule has 2 aromatic heterocycles. The summed E-state index contributed by atoms with van der Waals surface area (Å²) >= 11 is 0. The maximum atomic E-state index is 12.4. The van der Waals surface area contributed by atoms with Crippen LogP contribution < -0.4 is 10.9 Å². The molecular weight excluding hydrogens is 308 g/mol. The third-order valence-corrected chi connectivity index (χ3v) is 4.21. The fourth-order valence-corrected chi connectivity index (χ4v) is 3.11. The van der Waals surface area contributed by atoms with Crippen LogP contribution in [0.5, 0.6) is 0 Å². The minimum absolute atomic E-state index is 0.0528. The van der Waals surface area contributed by atoms with Crippen molar-refractivity contribution in [1.82, 2.24) is 14.8 Å². The van der Waals surface area contributed by atoms with E-state index in [1.165, 1.54) is 10.7 Å². The molecule has 24 heavy (non-hydrogen) atoms. The lowest BCUT2D eigenvalue weighted by molar-refractivity contribution is 0.0910. The number of nitrogens with one attached hydrogen (secondary N) is 2. The number of amides is 1. The molecule has 0 atom stereocenters. The molecule has 1 amide bonds. The van der Waals surface area contributed by atoms with Crippen molar-refractivity contribution in [3.05, 3.63) is 45.0 Å². The highest BCUT2D eigenvalue weighted by Gasteiger charge is 2.32. The number of rotatable bonds is 2. The molecule has 0 aliphatic heterocycles. The van der Waals surface area contributed by atoms with Crippen molar-refractivity contribution in [2.75, 3.05) is 5.32 Å². The van der Waals surface area contributed by atoms with E-state index in [2.05, 4.69) is 15.4 Å². The number of hydrogen-bond donors (Lipinski definition) is 2. The first-order chi connectivity index (χ1) is 11.2. The number of hydrogen-bond acceptors (Lipinski definition) is 4. The Kier molecular flexibility index (Phi) is 3.66. The van der Waals surface area contributed by atoms with Gasteiger partial charge in [0.25, 0.3) is 11.5 Å². The van der Waals surface area contributed by atoms with Gasteiger partial charge in [-0.2, -0.15) is 5.10 Å². The summed E-state index contributed by atoms with van der Waals surface area (Å²) in [4.78, 5) is 39.8. The van der Waals surface area contributed by atoms with Crippen molar-refractivity contribution in [3.8, 4) is 0 Å². The molecule has 0 unspecified atom stereocenters. The van der Waals surface area contributed by atoms with Gasteiger partial charge in [0, 0.05) is 30.8 Å². The van der Waals surface area contributed by atoms with Crippen molar-refractivity contribution >= 4 is 17.5 Å². The molecule has 0 aromatic carbocycles. The number of nitrogens with zero attached hydrogens (tertiary/aromatic N) is 2. The number of carbonyl (C=O) groups is 2. The summed E-state index contributed by atoms with van der Waals surface area (Å²) in [5.41, 5.74) is 1.04. The molecule has 1 aliphatic rings. The summed E-state index contributed by atoms with van der Waals surface area (Å²) in [6, 6.07) is 3.11. The number of fused-ring (bicyclic) bond motifs is 1. The van der Waals surface area contributed by atoms with Gasteiger partial charge in [-0.3, -0.25) is 19.1 Å². The van der Waals surface area contributed by atoms with E-state index in [0.717, 1.165) is 5.69 Å². The normalized spacial score (nSPS) is 15.9. The third kappa shape index (κ3) is 2.89. The summed E-state index contributed by atoms with van der Waals surface area (Å²) in [6.45, 7) is 5.77. The maximum absolute atomic E-state index is 12.4. The summed E-state index contributed by atoms with van der Waals surface area (Å²) in [5, 5.41) is 6.80. The van der Waals surface area contributed by atoms with E-state index in [4.69, 9.17) is 0 Å². The molecule has 7 heteroatoms. The molecule has 0 saturated carbocycles. The molecule has 2 N–H and O–H groups in total. The SMILES string of the molecule is Cc1cc(NC(=O)c2cc3c([nH]c2=O)CC(C)(C)CC3=O)n(C)n1. The second-order valence-electron chi connectivity index (χ2n) is 7.09. The summed E-state index contributed by atoms with van der Waals surface area (Å²) in [6.07, 6.45) is 1.00. The third-order valence-electron chi connectivity index (χ3n) is 4.21. The highest BCUT2D eigenvalue weighted by molar-refractivity contribution is 6.06. The number of carbonyl (C=O) groups excluding carboxylic acids is 2. The molecule has 1 aliphatic carbocycles. The van der Waals surface area contributed by atoms with Gasteiger partial charge in [-0.1, -0.05) is 13.8 Å². The van der Waals surface area contributed by atoms with Gasteiger partial charge < -0.3 is 10.3 Å². The second-order valence-corrected chi connectivity index (χ2v) is 7.09. The van der Waals surface area contributed by atoms with Gasteiger partial charge in [-0.05, 0) is 24.8 Å². The van der Waals surface area contributed by atoms with Gasteiger partial charge in [-0.25, -0.2) is 0 Å². The zero-order valence-corrected chi connectivity index (χ0v) is 14.2. The fourth-order valence-electron chi connectivity index (χ4n) is 3.11. The van der Waals surface area contributed by atoms with Crippen molar-refractivity contribution in [2.24, 2.45) is 12.5 Å². The van der Waals surface area contributed by atoms with Crippen LogP contribution in [0.25, 0.3) is 0 Å². The highest BCUT2D eigenvalue weighted by Crippen LogP contribution is 2.33. The Hall–Kier alpha value is -2.70. The Bertz CT molecular complexity index is 905. The predicted molar refractivity (Wildman–Crippen MR) is 89.4 cm³/mol. The zero-order valence-electron chi connectivity index (χ0n) is 14.2. The molecule has 0 bridgehead atoms. The quantitative estimate of drug-likeness (QED) is 0.879. The largest absolute Gasteiger partial charge is 0.325 e. The van der Waals surface area contributed by atoms with Gasteiger partial charge in [0.15, 0.2) is 5.78 Å². The van der Waals surface area contributed by atoms with Gasteiger partial charge in [0.1, 0.15) is 11.4 Å². The van der Waals surface area contributed by atoms with Crippen LogP contribution in [0.4, 0.5) is 5.82 Å². The molecule has 0 fully saturated rings. The van der Waals surface area contributed by atoms with Crippen LogP contribution in [-0.2, 0) is 13.5 Å². The smallest absolute Gasteiger partial charge is 0.262 e. The molecule has 0 spiro atoms.